The molecule has 0 amide bonds. The van der Waals surface area contributed by atoms with Gasteiger partial charge in [0.15, 0.2) is 0 Å². The normalized spacial score (nSPS) is 18.2. The minimum Gasteiger partial charge on any atom is -0.497 e. The Hall–Kier alpha value is -1.59. The molecule has 1 unspecified atom stereocenters. The molecule has 106 valence electrons. The highest BCUT2D eigenvalue weighted by Crippen LogP contribution is 2.35. The Morgan fingerprint density at radius 1 is 1.30 bits per heavy atom. The van der Waals surface area contributed by atoms with Crippen LogP contribution in [0.4, 0.5) is 0 Å². The second kappa shape index (κ2) is 5.81. The predicted molar refractivity (Wildman–Crippen MR) is 80.6 cm³/mol. The van der Waals surface area contributed by atoms with Crippen molar-refractivity contribution in [2.45, 2.75) is 18.9 Å². The fraction of sp³-hybridized carbons (Fsp3) is 0.400. The van der Waals surface area contributed by atoms with E-state index < -0.39 is 0 Å². The van der Waals surface area contributed by atoms with E-state index in [-0.39, 0.29) is 0 Å². The van der Waals surface area contributed by atoms with E-state index in [0.717, 1.165) is 34.3 Å². The van der Waals surface area contributed by atoms with Crippen molar-refractivity contribution in [3.63, 3.8) is 0 Å². The van der Waals surface area contributed by atoms with E-state index >= 15 is 0 Å². The highest BCUT2D eigenvalue weighted by molar-refractivity contribution is 7.10. The van der Waals surface area contributed by atoms with Gasteiger partial charge < -0.3 is 14.8 Å². The topological polar surface area (TPSA) is 43.4 Å². The van der Waals surface area contributed by atoms with Crippen molar-refractivity contribution < 1.29 is 9.47 Å². The molecule has 1 atom stereocenters. The van der Waals surface area contributed by atoms with Crippen molar-refractivity contribution in [1.29, 1.82) is 0 Å². The predicted octanol–water partition coefficient (Wildman–Crippen LogP) is 3.25. The van der Waals surface area contributed by atoms with Crippen LogP contribution in [0.25, 0.3) is 11.3 Å². The number of hydrogen-bond acceptors (Lipinski definition) is 5. The molecule has 0 saturated carbocycles. The van der Waals surface area contributed by atoms with Crippen LogP contribution in [0.15, 0.2) is 23.6 Å². The molecule has 1 aromatic carbocycles. The van der Waals surface area contributed by atoms with Crippen LogP contribution in [-0.4, -0.2) is 25.7 Å². The molecule has 5 heteroatoms. The van der Waals surface area contributed by atoms with Crippen LogP contribution in [-0.2, 0) is 0 Å². The van der Waals surface area contributed by atoms with Gasteiger partial charge in [0, 0.05) is 17.0 Å². The molecule has 1 N–H and O–H groups in total. The van der Waals surface area contributed by atoms with E-state index in [1.54, 1.807) is 25.6 Å². The van der Waals surface area contributed by atoms with Gasteiger partial charge in [-0.05, 0) is 31.5 Å². The van der Waals surface area contributed by atoms with Gasteiger partial charge in [-0.3, -0.25) is 0 Å². The van der Waals surface area contributed by atoms with Gasteiger partial charge in [-0.1, -0.05) is 0 Å². The van der Waals surface area contributed by atoms with E-state index in [9.17, 15) is 0 Å². The zero-order valence-corrected chi connectivity index (χ0v) is 12.5. The van der Waals surface area contributed by atoms with Crippen LogP contribution in [0.3, 0.4) is 0 Å². The molecule has 1 aliphatic rings. The zero-order valence-electron chi connectivity index (χ0n) is 11.7. The third-order valence-electron chi connectivity index (χ3n) is 3.57. The molecule has 1 aliphatic heterocycles. The Bertz CT molecular complexity index is 591. The lowest BCUT2D eigenvalue weighted by atomic mass is 10.1. The van der Waals surface area contributed by atoms with Crippen LogP contribution in [0.5, 0.6) is 11.5 Å². The Kier molecular flexibility index (Phi) is 3.89. The quantitative estimate of drug-likeness (QED) is 0.938. The largest absolute Gasteiger partial charge is 0.497 e. The molecular weight excluding hydrogens is 272 g/mol. The molecule has 0 radical (unpaired) electrons. The first kappa shape index (κ1) is 13.4. The Labute approximate surface area is 122 Å². The summed E-state index contributed by atoms with van der Waals surface area (Å²) in [7, 11) is 3.32. The van der Waals surface area contributed by atoms with Crippen LogP contribution in [0, 0.1) is 0 Å². The standard InChI is InChI=1S/C15H18N2O2S/c1-18-10-5-6-11(14(8-10)19-2)13-9-20-15(17-13)12-4-3-7-16-12/h5-6,8-9,12,16H,3-4,7H2,1-2H3. The maximum absolute atomic E-state index is 5.45. The van der Waals surface area contributed by atoms with Gasteiger partial charge in [-0.25, -0.2) is 4.98 Å². The van der Waals surface area contributed by atoms with E-state index in [0.29, 0.717) is 6.04 Å². The van der Waals surface area contributed by atoms with Crippen LogP contribution < -0.4 is 14.8 Å². The first-order valence-corrected chi connectivity index (χ1v) is 7.61. The maximum Gasteiger partial charge on any atom is 0.131 e. The molecule has 2 heterocycles. The summed E-state index contributed by atoms with van der Waals surface area (Å²) in [4.78, 5) is 4.76. The Morgan fingerprint density at radius 3 is 2.90 bits per heavy atom. The number of nitrogens with one attached hydrogen (secondary N) is 1. The molecular formula is C15H18N2O2S. The molecule has 1 aromatic heterocycles. The van der Waals surface area contributed by atoms with Gasteiger partial charge in [-0.15, -0.1) is 11.3 Å². The highest BCUT2D eigenvalue weighted by atomic mass is 32.1. The number of thiazole rings is 1. The van der Waals surface area contributed by atoms with Gasteiger partial charge in [0.05, 0.1) is 26.0 Å². The van der Waals surface area contributed by atoms with Crippen LogP contribution in [0.1, 0.15) is 23.9 Å². The monoisotopic (exact) mass is 290 g/mol. The molecule has 0 spiro atoms. The summed E-state index contributed by atoms with van der Waals surface area (Å²) in [5.41, 5.74) is 1.98. The second-order valence-corrected chi connectivity index (χ2v) is 5.68. The molecule has 20 heavy (non-hydrogen) atoms. The summed E-state index contributed by atoms with van der Waals surface area (Å²) < 4.78 is 10.7. The van der Waals surface area contributed by atoms with Crippen LogP contribution >= 0.6 is 11.3 Å². The summed E-state index contributed by atoms with van der Waals surface area (Å²) in [6.07, 6.45) is 2.40. The van der Waals surface area contributed by atoms with E-state index in [1.165, 1.54) is 12.8 Å². The highest BCUT2D eigenvalue weighted by Gasteiger charge is 2.20. The molecule has 0 aliphatic carbocycles. The number of ether oxygens (including phenoxy) is 2. The third kappa shape index (κ3) is 2.51. The number of aromatic nitrogens is 1. The molecule has 0 bridgehead atoms. The Balaban J connectivity index is 1.92. The summed E-state index contributed by atoms with van der Waals surface area (Å²) in [6.45, 7) is 1.09. The molecule has 1 fully saturated rings. The molecule has 4 nitrogen and oxygen atoms in total. The van der Waals surface area contributed by atoms with Crippen molar-refractivity contribution in [2.75, 3.05) is 20.8 Å². The van der Waals surface area contributed by atoms with Gasteiger partial charge in [0.2, 0.25) is 0 Å². The molecule has 3 rings (SSSR count). The van der Waals surface area contributed by atoms with E-state index in [1.807, 2.05) is 18.2 Å². The van der Waals surface area contributed by atoms with Gasteiger partial charge in [0.25, 0.3) is 0 Å². The maximum atomic E-state index is 5.45. The van der Waals surface area contributed by atoms with E-state index in [4.69, 9.17) is 14.5 Å². The summed E-state index contributed by atoms with van der Waals surface area (Å²) >= 11 is 1.71. The van der Waals surface area contributed by atoms with Crippen molar-refractivity contribution in [1.82, 2.24) is 10.3 Å². The number of rotatable bonds is 4. The number of methoxy groups -OCH3 is 2. The fourth-order valence-electron chi connectivity index (χ4n) is 2.48. The number of nitrogens with zero attached hydrogens (tertiary/aromatic N) is 1. The lowest BCUT2D eigenvalue weighted by molar-refractivity contribution is 0.395. The SMILES string of the molecule is COc1ccc(-c2csc(C3CCCN3)n2)c(OC)c1. The van der Waals surface area contributed by atoms with Gasteiger partial charge >= 0.3 is 0 Å². The third-order valence-corrected chi connectivity index (χ3v) is 4.52. The average molecular weight is 290 g/mol. The summed E-state index contributed by atoms with van der Waals surface area (Å²) in [5, 5.41) is 6.74. The number of benzene rings is 1. The summed E-state index contributed by atoms with van der Waals surface area (Å²) in [5.74, 6) is 1.58. The van der Waals surface area contributed by atoms with Crippen molar-refractivity contribution >= 4 is 11.3 Å². The average Bonchev–Trinajstić information content (AvgIpc) is 3.17. The Morgan fingerprint density at radius 2 is 2.20 bits per heavy atom. The molecule has 2 aromatic rings. The fourth-order valence-corrected chi connectivity index (χ4v) is 3.41. The lowest BCUT2D eigenvalue weighted by Gasteiger charge is -2.09. The van der Waals surface area contributed by atoms with Gasteiger partial charge in [-0.2, -0.15) is 0 Å². The minimum atomic E-state index is 0.415. The van der Waals surface area contributed by atoms with E-state index in [2.05, 4.69) is 10.7 Å². The van der Waals surface area contributed by atoms with Crippen LogP contribution in [0.2, 0.25) is 0 Å². The van der Waals surface area contributed by atoms with Gasteiger partial charge in [0.1, 0.15) is 16.5 Å². The minimum absolute atomic E-state index is 0.415. The smallest absolute Gasteiger partial charge is 0.131 e. The molecule has 1 saturated heterocycles. The zero-order chi connectivity index (χ0) is 13.9. The summed E-state index contributed by atoms with van der Waals surface area (Å²) in [6, 6.07) is 6.24. The lowest BCUT2D eigenvalue weighted by Crippen LogP contribution is -2.12. The first-order valence-electron chi connectivity index (χ1n) is 6.73. The first-order chi connectivity index (χ1) is 9.81. The second-order valence-electron chi connectivity index (χ2n) is 4.79. The van der Waals surface area contributed by atoms with Crippen molar-refractivity contribution in [2.24, 2.45) is 0 Å². The van der Waals surface area contributed by atoms with Crippen molar-refractivity contribution in [3.05, 3.63) is 28.6 Å². The number of hydrogen-bond donors (Lipinski definition) is 1. The van der Waals surface area contributed by atoms with Crippen molar-refractivity contribution in [3.8, 4) is 22.8 Å².